The lowest BCUT2D eigenvalue weighted by molar-refractivity contribution is -0.118. The molecule has 1 aliphatic heterocycles. The third kappa shape index (κ3) is 5.75. The van der Waals surface area contributed by atoms with Crippen molar-refractivity contribution in [1.82, 2.24) is 10.2 Å². The molecular formula is C27H37N3O3. The summed E-state index contributed by atoms with van der Waals surface area (Å²) >= 11 is 0. The van der Waals surface area contributed by atoms with E-state index in [1.54, 1.807) is 7.11 Å². The molecule has 0 spiro atoms. The molecule has 33 heavy (non-hydrogen) atoms. The number of benzene rings is 2. The van der Waals surface area contributed by atoms with E-state index in [9.17, 15) is 4.79 Å². The Balaban J connectivity index is 1.56. The van der Waals surface area contributed by atoms with E-state index in [2.05, 4.69) is 15.5 Å². The highest BCUT2D eigenvalue weighted by molar-refractivity contribution is 5.96. The van der Waals surface area contributed by atoms with Crippen LogP contribution in [0.4, 0.5) is 5.69 Å². The van der Waals surface area contributed by atoms with E-state index >= 15 is 0 Å². The number of methoxy groups -OCH3 is 1. The number of anilines is 1. The van der Waals surface area contributed by atoms with Crippen LogP contribution in [0.1, 0.15) is 49.3 Å². The highest BCUT2D eigenvalue weighted by atomic mass is 16.5. The van der Waals surface area contributed by atoms with E-state index in [-0.39, 0.29) is 11.4 Å². The Bertz CT molecular complexity index is 906. The number of carbonyl (C=O) groups is 1. The van der Waals surface area contributed by atoms with Crippen molar-refractivity contribution in [2.24, 2.45) is 0 Å². The Morgan fingerprint density at radius 1 is 1.09 bits per heavy atom. The van der Waals surface area contributed by atoms with Crippen LogP contribution in [0.2, 0.25) is 0 Å². The monoisotopic (exact) mass is 451 g/mol. The standard InChI is InChI=1S/C27H37N3O3/c1-21-11-12-24(32-2)23(19-21)29-26(31)25(22-9-5-3-6-10-22)28-20-27(13-7-4-8-14-27)30-15-17-33-18-16-30/h3,5-6,9-12,19,25,28H,4,7-8,13-18,20H2,1-2H3,(H,29,31)/t25-/m1/s1. The molecule has 1 amide bonds. The van der Waals surface area contributed by atoms with Crippen molar-refractivity contribution in [3.05, 3.63) is 59.7 Å². The molecule has 178 valence electrons. The number of hydrogen-bond acceptors (Lipinski definition) is 5. The van der Waals surface area contributed by atoms with Crippen molar-refractivity contribution in [2.75, 3.05) is 45.3 Å². The van der Waals surface area contributed by atoms with Gasteiger partial charge in [-0.1, -0.05) is 55.7 Å². The fourth-order valence-corrected chi connectivity index (χ4v) is 5.28. The number of rotatable bonds is 8. The van der Waals surface area contributed by atoms with Crippen molar-refractivity contribution in [1.29, 1.82) is 0 Å². The molecule has 1 aliphatic carbocycles. The number of nitrogens with one attached hydrogen (secondary N) is 2. The maximum absolute atomic E-state index is 13.6. The summed E-state index contributed by atoms with van der Waals surface area (Å²) in [5.74, 6) is 0.593. The van der Waals surface area contributed by atoms with E-state index in [0.717, 1.165) is 56.8 Å². The van der Waals surface area contributed by atoms with Crippen LogP contribution in [0.25, 0.3) is 0 Å². The average molecular weight is 452 g/mol. The van der Waals surface area contributed by atoms with Crippen LogP contribution in [0.5, 0.6) is 5.75 Å². The molecule has 1 heterocycles. The minimum Gasteiger partial charge on any atom is -0.495 e. The fraction of sp³-hybridized carbons (Fsp3) is 0.519. The topological polar surface area (TPSA) is 62.8 Å². The summed E-state index contributed by atoms with van der Waals surface area (Å²) in [5.41, 5.74) is 2.82. The molecular weight excluding hydrogens is 414 g/mol. The number of ether oxygens (including phenoxy) is 2. The smallest absolute Gasteiger partial charge is 0.246 e. The first-order valence-corrected chi connectivity index (χ1v) is 12.2. The Hall–Kier alpha value is -2.41. The van der Waals surface area contributed by atoms with Crippen LogP contribution in [0.3, 0.4) is 0 Å². The molecule has 2 aromatic carbocycles. The summed E-state index contributed by atoms with van der Waals surface area (Å²) in [6.07, 6.45) is 6.09. The molecule has 0 aromatic heterocycles. The van der Waals surface area contributed by atoms with E-state index in [0.29, 0.717) is 11.4 Å². The van der Waals surface area contributed by atoms with Gasteiger partial charge in [-0.05, 0) is 43.0 Å². The molecule has 2 aromatic rings. The van der Waals surface area contributed by atoms with Crippen LogP contribution >= 0.6 is 0 Å². The van der Waals surface area contributed by atoms with Gasteiger partial charge in [0, 0.05) is 25.2 Å². The van der Waals surface area contributed by atoms with Gasteiger partial charge in [-0.2, -0.15) is 0 Å². The molecule has 0 unspecified atom stereocenters. The normalized spacial score (nSPS) is 19.6. The zero-order valence-corrected chi connectivity index (χ0v) is 19.9. The molecule has 0 radical (unpaired) electrons. The second-order valence-corrected chi connectivity index (χ2v) is 9.30. The van der Waals surface area contributed by atoms with E-state index in [1.165, 1.54) is 19.3 Å². The number of aryl methyl sites for hydroxylation is 1. The zero-order valence-electron chi connectivity index (χ0n) is 19.9. The molecule has 0 bridgehead atoms. The molecule has 1 saturated heterocycles. The summed E-state index contributed by atoms with van der Waals surface area (Å²) in [5, 5.41) is 6.80. The average Bonchev–Trinajstić information content (AvgIpc) is 2.86. The van der Waals surface area contributed by atoms with Crippen molar-refractivity contribution in [3.8, 4) is 5.75 Å². The predicted molar refractivity (Wildman–Crippen MR) is 132 cm³/mol. The summed E-state index contributed by atoms with van der Waals surface area (Å²) in [6, 6.07) is 15.4. The van der Waals surface area contributed by atoms with Crippen molar-refractivity contribution >= 4 is 11.6 Å². The van der Waals surface area contributed by atoms with Gasteiger partial charge >= 0.3 is 0 Å². The van der Waals surface area contributed by atoms with Gasteiger partial charge in [0.1, 0.15) is 11.8 Å². The van der Waals surface area contributed by atoms with E-state index in [1.807, 2.05) is 55.5 Å². The lowest BCUT2D eigenvalue weighted by atomic mass is 9.79. The number of amides is 1. The van der Waals surface area contributed by atoms with E-state index < -0.39 is 6.04 Å². The molecule has 4 rings (SSSR count). The first-order valence-electron chi connectivity index (χ1n) is 12.2. The second kappa shape index (κ2) is 11.1. The lowest BCUT2D eigenvalue weighted by Gasteiger charge is -2.48. The van der Waals surface area contributed by atoms with Gasteiger partial charge in [-0.25, -0.2) is 0 Å². The number of nitrogens with zero attached hydrogens (tertiary/aromatic N) is 1. The third-order valence-corrected chi connectivity index (χ3v) is 7.11. The van der Waals surface area contributed by atoms with Gasteiger partial charge in [0.15, 0.2) is 0 Å². The fourth-order valence-electron chi connectivity index (χ4n) is 5.28. The minimum atomic E-state index is -0.448. The second-order valence-electron chi connectivity index (χ2n) is 9.30. The van der Waals surface area contributed by atoms with Crippen molar-refractivity contribution in [2.45, 2.75) is 50.6 Å². The SMILES string of the molecule is COc1ccc(C)cc1NC(=O)[C@H](NCC1(N2CCOCC2)CCCCC1)c1ccccc1. The molecule has 1 saturated carbocycles. The van der Waals surface area contributed by atoms with Crippen LogP contribution in [-0.2, 0) is 9.53 Å². The molecule has 2 fully saturated rings. The maximum Gasteiger partial charge on any atom is 0.246 e. The number of morpholine rings is 1. The van der Waals surface area contributed by atoms with Gasteiger partial charge in [0.25, 0.3) is 0 Å². The summed E-state index contributed by atoms with van der Waals surface area (Å²) < 4.78 is 11.1. The van der Waals surface area contributed by atoms with Gasteiger partial charge in [0.2, 0.25) is 5.91 Å². The highest BCUT2D eigenvalue weighted by Crippen LogP contribution is 2.35. The van der Waals surface area contributed by atoms with Gasteiger partial charge in [0.05, 0.1) is 26.0 Å². The minimum absolute atomic E-state index is 0.0713. The zero-order chi connectivity index (χ0) is 23.1. The molecule has 6 heteroatoms. The van der Waals surface area contributed by atoms with Crippen LogP contribution < -0.4 is 15.4 Å². The lowest BCUT2D eigenvalue weighted by Crippen LogP contribution is -2.59. The predicted octanol–water partition coefficient (Wildman–Crippen LogP) is 4.31. The first-order chi connectivity index (χ1) is 16.1. The third-order valence-electron chi connectivity index (χ3n) is 7.11. The maximum atomic E-state index is 13.6. The Labute approximate surface area is 197 Å². The molecule has 1 atom stereocenters. The summed E-state index contributed by atoms with van der Waals surface area (Å²) in [4.78, 5) is 16.2. The molecule has 2 N–H and O–H groups in total. The summed E-state index contributed by atoms with van der Waals surface area (Å²) in [6.45, 7) is 6.30. The first kappa shape index (κ1) is 23.7. The summed E-state index contributed by atoms with van der Waals surface area (Å²) in [7, 11) is 1.63. The largest absolute Gasteiger partial charge is 0.495 e. The van der Waals surface area contributed by atoms with Crippen molar-refractivity contribution < 1.29 is 14.3 Å². The van der Waals surface area contributed by atoms with Gasteiger partial charge < -0.3 is 20.1 Å². The van der Waals surface area contributed by atoms with Gasteiger partial charge in [-0.3, -0.25) is 9.69 Å². The van der Waals surface area contributed by atoms with Crippen LogP contribution in [0, 0.1) is 6.92 Å². The Kier molecular flexibility index (Phi) is 8.02. The molecule has 2 aliphatic rings. The number of carbonyl (C=O) groups excluding carboxylic acids is 1. The van der Waals surface area contributed by atoms with E-state index in [4.69, 9.17) is 9.47 Å². The number of hydrogen-bond donors (Lipinski definition) is 2. The highest BCUT2D eigenvalue weighted by Gasteiger charge is 2.39. The molecule has 6 nitrogen and oxygen atoms in total. The van der Waals surface area contributed by atoms with Gasteiger partial charge in [-0.15, -0.1) is 0 Å². The van der Waals surface area contributed by atoms with Crippen molar-refractivity contribution in [3.63, 3.8) is 0 Å². The quantitative estimate of drug-likeness (QED) is 0.626. The Morgan fingerprint density at radius 3 is 2.52 bits per heavy atom. The van der Waals surface area contributed by atoms with Crippen LogP contribution in [-0.4, -0.2) is 56.3 Å². The Morgan fingerprint density at radius 2 is 1.82 bits per heavy atom. The van der Waals surface area contributed by atoms with Crippen LogP contribution in [0.15, 0.2) is 48.5 Å².